The third-order valence-corrected chi connectivity index (χ3v) is 3.16. The van der Waals surface area contributed by atoms with Crippen LogP contribution < -0.4 is 4.74 Å². The molecule has 0 aromatic heterocycles. The fourth-order valence-electron chi connectivity index (χ4n) is 1.67. The molecule has 0 bridgehead atoms. The van der Waals surface area contributed by atoms with Crippen molar-refractivity contribution in [3.05, 3.63) is 28.8 Å². The number of aryl methyl sites for hydroxylation is 2. The van der Waals surface area contributed by atoms with Crippen LogP contribution in [0, 0.1) is 25.2 Å². The molecule has 17 heavy (non-hydrogen) atoms. The Morgan fingerprint density at radius 3 is 2.47 bits per heavy atom. The number of benzene rings is 1. The molecule has 1 aromatic carbocycles. The fraction of sp³-hybridized carbons (Fsp3) is 0.500. The maximum absolute atomic E-state index is 8.89. The van der Waals surface area contributed by atoms with Gasteiger partial charge >= 0.3 is 0 Å². The van der Waals surface area contributed by atoms with Gasteiger partial charge in [-0.05, 0) is 45.0 Å². The molecule has 0 spiro atoms. The van der Waals surface area contributed by atoms with E-state index >= 15 is 0 Å². The van der Waals surface area contributed by atoms with Gasteiger partial charge in [0.25, 0.3) is 0 Å². The minimum atomic E-state index is -0.0960. The molecule has 1 unspecified atom stereocenters. The number of methoxy groups -OCH3 is 1. The van der Waals surface area contributed by atoms with E-state index in [9.17, 15) is 0 Å². The van der Waals surface area contributed by atoms with Crippen molar-refractivity contribution in [2.45, 2.75) is 33.4 Å². The lowest BCUT2D eigenvalue weighted by Crippen LogP contribution is -2.27. The summed E-state index contributed by atoms with van der Waals surface area (Å²) in [5, 5.41) is 8.89. The molecule has 0 fully saturated rings. The Hall–Kier alpha value is -1.53. The molecule has 0 amide bonds. The summed E-state index contributed by atoms with van der Waals surface area (Å²) in [6, 6.07) is 6.32. The minimum Gasteiger partial charge on any atom is -0.496 e. The predicted molar refractivity (Wildman–Crippen MR) is 69.0 cm³/mol. The van der Waals surface area contributed by atoms with Crippen molar-refractivity contribution in [2.24, 2.45) is 0 Å². The first-order valence-electron chi connectivity index (χ1n) is 5.73. The largest absolute Gasteiger partial charge is 0.496 e. The Balaban J connectivity index is 2.98. The van der Waals surface area contributed by atoms with E-state index in [0.29, 0.717) is 0 Å². The van der Waals surface area contributed by atoms with Crippen LogP contribution in [0.15, 0.2) is 12.1 Å². The lowest BCUT2D eigenvalue weighted by molar-refractivity contribution is 0.288. The third-order valence-electron chi connectivity index (χ3n) is 3.16. The molecule has 0 N–H and O–H groups in total. The zero-order valence-electron chi connectivity index (χ0n) is 11.2. The summed E-state index contributed by atoms with van der Waals surface area (Å²) in [5.41, 5.74) is 3.60. The highest BCUT2D eigenvalue weighted by Crippen LogP contribution is 2.24. The second kappa shape index (κ2) is 5.70. The second-order valence-corrected chi connectivity index (χ2v) is 4.47. The van der Waals surface area contributed by atoms with Gasteiger partial charge in [0.05, 0.1) is 19.2 Å². The van der Waals surface area contributed by atoms with Crippen molar-refractivity contribution >= 4 is 0 Å². The highest BCUT2D eigenvalue weighted by Gasteiger charge is 2.12. The van der Waals surface area contributed by atoms with Gasteiger partial charge in [0.2, 0.25) is 0 Å². The van der Waals surface area contributed by atoms with Crippen molar-refractivity contribution in [3.8, 4) is 11.8 Å². The van der Waals surface area contributed by atoms with E-state index in [1.807, 2.05) is 18.9 Å². The predicted octanol–water partition coefficient (Wildman–Crippen LogP) is 2.66. The Labute approximate surface area is 104 Å². The van der Waals surface area contributed by atoms with Crippen LogP contribution in [0.25, 0.3) is 0 Å². The molecule has 0 aliphatic carbocycles. The van der Waals surface area contributed by atoms with Crippen LogP contribution >= 0.6 is 0 Å². The lowest BCUT2D eigenvalue weighted by Gasteiger charge is -2.21. The van der Waals surface area contributed by atoms with Crippen LogP contribution in [-0.2, 0) is 6.54 Å². The van der Waals surface area contributed by atoms with Crippen LogP contribution in [0.3, 0.4) is 0 Å². The molecule has 1 rings (SSSR count). The fourth-order valence-corrected chi connectivity index (χ4v) is 1.67. The first-order valence-corrected chi connectivity index (χ1v) is 5.73. The van der Waals surface area contributed by atoms with Gasteiger partial charge in [-0.2, -0.15) is 5.26 Å². The number of hydrogen-bond donors (Lipinski definition) is 0. The van der Waals surface area contributed by atoms with Crippen LogP contribution in [0.1, 0.15) is 23.6 Å². The van der Waals surface area contributed by atoms with Crippen LogP contribution in [0.5, 0.6) is 5.75 Å². The minimum absolute atomic E-state index is 0.0960. The second-order valence-electron chi connectivity index (χ2n) is 4.47. The lowest BCUT2D eigenvalue weighted by atomic mass is 10.0. The molecule has 3 nitrogen and oxygen atoms in total. The summed E-state index contributed by atoms with van der Waals surface area (Å²) in [7, 11) is 3.63. The van der Waals surface area contributed by atoms with Gasteiger partial charge in [-0.1, -0.05) is 6.07 Å². The van der Waals surface area contributed by atoms with Gasteiger partial charge in [0, 0.05) is 12.1 Å². The van der Waals surface area contributed by atoms with Crippen molar-refractivity contribution in [1.82, 2.24) is 4.90 Å². The van der Waals surface area contributed by atoms with Gasteiger partial charge in [-0.25, -0.2) is 0 Å². The van der Waals surface area contributed by atoms with Crippen molar-refractivity contribution in [1.29, 1.82) is 5.26 Å². The first kappa shape index (κ1) is 13.5. The highest BCUT2D eigenvalue weighted by atomic mass is 16.5. The summed E-state index contributed by atoms with van der Waals surface area (Å²) >= 11 is 0. The molecule has 92 valence electrons. The Bertz CT molecular complexity index is 435. The average molecular weight is 232 g/mol. The SMILES string of the molecule is COc1cc(C)c(C)cc1CN(C)C(C)C#N. The highest BCUT2D eigenvalue weighted by molar-refractivity contribution is 5.41. The van der Waals surface area contributed by atoms with Gasteiger partial charge < -0.3 is 4.74 Å². The molecular weight excluding hydrogens is 212 g/mol. The molecule has 0 aliphatic rings. The van der Waals surface area contributed by atoms with E-state index in [1.54, 1.807) is 7.11 Å². The third kappa shape index (κ3) is 3.21. The van der Waals surface area contributed by atoms with E-state index in [-0.39, 0.29) is 6.04 Å². The summed E-state index contributed by atoms with van der Waals surface area (Å²) in [5.74, 6) is 0.894. The normalized spacial score (nSPS) is 12.3. The van der Waals surface area contributed by atoms with E-state index in [2.05, 4.69) is 32.0 Å². The maximum atomic E-state index is 8.89. The molecule has 0 saturated heterocycles. The standard InChI is InChI=1S/C14H20N2O/c1-10-6-13(9-16(4)12(3)8-15)14(17-5)7-11(10)2/h6-7,12H,9H2,1-5H3. The average Bonchev–Trinajstić information content (AvgIpc) is 2.32. The van der Waals surface area contributed by atoms with Crippen LogP contribution in [0.4, 0.5) is 0 Å². The first-order chi connectivity index (χ1) is 7.99. The molecule has 0 heterocycles. The summed E-state index contributed by atoms with van der Waals surface area (Å²) < 4.78 is 5.39. The topological polar surface area (TPSA) is 36.3 Å². The Morgan fingerprint density at radius 1 is 1.35 bits per heavy atom. The molecule has 0 radical (unpaired) electrons. The Kier molecular flexibility index (Phi) is 4.53. The number of nitriles is 1. The maximum Gasteiger partial charge on any atom is 0.123 e. The van der Waals surface area contributed by atoms with Gasteiger partial charge in [0.1, 0.15) is 5.75 Å². The molecule has 3 heteroatoms. The molecule has 1 aromatic rings. The summed E-state index contributed by atoms with van der Waals surface area (Å²) in [4.78, 5) is 2.01. The monoisotopic (exact) mass is 232 g/mol. The van der Waals surface area contributed by atoms with Gasteiger partial charge in [-0.3, -0.25) is 4.90 Å². The molecule has 0 saturated carbocycles. The van der Waals surface area contributed by atoms with Crippen LogP contribution in [-0.4, -0.2) is 25.1 Å². The molecular formula is C14H20N2O. The number of rotatable bonds is 4. The smallest absolute Gasteiger partial charge is 0.123 e. The Morgan fingerprint density at radius 2 is 1.94 bits per heavy atom. The van der Waals surface area contributed by atoms with E-state index in [0.717, 1.165) is 17.9 Å². The quantitative estimate of drug-likeness (QED) is 0.800. The molecule has 1 atom stereocenters. The van der Waals surface area contributed by atoms with Crippen LogP contribution in [0.2, 0.25) is 0 Å². The molecule has 0 aliphatic heterocycles. The summed E-state index contributed by atoms with van der Waals surface area (Å²) in [6.45, 7) is 6.78. The van der Waals surface area contributed by atoms with Crippen molar-refractivity contribution in [2.75, 3.05) is 14.2 Å². The number of nitrogens with zero attached hydrogens (tertiary/aromatic N) is 2. The zero-order chi connectivity index (χ0) is 13.0. The number of hydrogen-bond acceptors (Lipinski definition) is 3. The van der Waals surface area contributed by atoms with Gasteiger partial charge in [-0.15, -0.1) is 0 Å². The van der Waals surface area contributed by atoms with E-state index in [4.69, 9.17) is 10.00 Å². The number of ether oxygens (including phenoxy) is 1. The van der Waals surface area contributed by atoms with E-state index in [1.165, 1.54) is 11.1 Å². The zero-order valence-corrected chi connectivity index (χ0v) is 11.2. The van der Waals surface area contributed by atoms with Crippen molar-refractivity contribution < 1.29 is 4.74 Å². The van der Waals surface area contributed by atoms with Crippen molar-refractivity contribution in [3.63, 3.8) is 0 Å². The van der Waals surface area contributed by atoms with E-state index < -0.39 is 0 Å². The van der Waals surface area contributed by atoms with Gasteiger partial charge in [0.15, 0.2) is 0 Å². The summed E-state index contributed by atoms with van der Waals surface area (Å²) in [6.07, 6.45) is 0.